The van der Waals surface area contributed by atoms with Crippen LogP contribution in [0.3, 0.4) is 0 Å². The maximum atomic E-state index is 11.5. The predicted molar refractivity (Wildman–Crippen MR) is 76.7 cm³/mol. The molecule has 1 aromatic carbocycles. The summed E-state index contributed by atoms with van der Waals surface area (Å²) in [6.07, 6.45) is 1.74. The molecular weight excluding hydrogens is 282 g/mol. The van der Waals surface area contributed by atoms with Gasteiger partial charge in [-0.1, -0.05) is 6.07 Å². The standard InChI is InChI=1S/C12H15N3O2S2/c1-8-10(4-3-5-11(8)19(13,16)17)15-9(2)12-14-6-7-18-12/h3-7,9,15H,1-2H3,(H2,13,16,17). The number of rotatable bonds is 4. The van der Waals surface area contributed by atoms with Crippen molar-refractivity contribution in [2.75, 3.05) is 5.32 Å². The van der Waals surface area contributed by atoms with Crippen LogP contribution in [0.15, 0.2) is 34.7 Å². The minimum atomic E-state index is -3.70. The highest BCUT2D eigenvalue weighted by molar-refractivity contribution is 7.89. The number of anilines is 1. The Morgan fingerprint density at radius 3 is 2.74 bits per heavy atom. The van der Waals surface area contributed by atoms with E-state index in [1.165, 1.54) is 6.07 Å². The molecule has 0 bridgehead atoms. The monoisotopic (exact) mass is 297 g/mol. The van der Waals surface area contributed by atoms with Gasteiger partial charge in [-0.2, -0.15) is 0 Å². The third kappa shape index (κ3) is 3.12. The molecule has 3 N–H and O–H groups in total. The Kier molecular flexibility index (Phi) is 3.88. The molecule has 0 aliphatic carbocycles. The second kappa shape index (κ2) is 5.28. The van der Waals surface area contributed by atoms with Gasteiger partial charge in [-0.25, -0.2) is 18.5 Å². The molecular formula is C12H15N3O2S2. The van der Waals surface area contributed by atoms with Crippen LogP contribution in [0, 0.1) is 6.92 Å². The number of thiazole rings is 1. The minimum Gasteiger partial charge on any atom is -0.376 e. The van der Waals surface area contributed by atoms with Crippen molar-refractivity contribution in [2.45, 2.75) is 24.8 Å². The molecule has 0 aliphatic heterocycles. The van der Waals surface area contributed by atoms with Crippen LogP contribution in [0.25, 0.3) is 0 Å². The Morgan fingerprint density at radius 1 is 1.42 bits per heavy atom. The maximum Gasteiger partial charge on any atom is 0.238 e. The van der Waals surface area contributed by atoms with Gasteiger partial charge in [0, 0.05) is 17.3 Å². The van der Waals surface area contributed by atoms with Gasteiger partial charge in [0.25, 0.3) is 0 Å². The van der Waals surface area contributed by atoms with E-state index >= 15 is 0 Å². The van der Waals surface area contributed by atoms with Crippen molar-refractivity contribution in [1.82, 2.24) is 4.98 Å². The van der Waals surface area contributed by atoms with E-state index in [4.69, 9.17) is 5.14 Å². The lowest BCUT2D eigenvalue weighted by molar-refractivity contribution is 0.597. The van der Waals surface area contributed by atoms with Crippen LogP contribution in [0.2, 0.25) is 0 Å². The fourth-order valence-corrected chi connectivity index (χ4v) is 3.27. The predicted octanol–water partition coefficient (Wildman–Crippen LogP) is 2.27. The summed E-state index contributed by atoms with van der Waals surface area (Å²) < 4.78 is 22.9. The van der Waals surface area contributed by atoms with Crippen LogP contribution in [0.5, 0.6) is 0 Å². The molecule has 2 aromatic rings. The molecule has 0 amide bonds. The molecule has 19 heavy (non-hydrogen) atoms. The van der Waals surface area contributed by atoms with E-state index < -0.39 is 10.0 Å². The molecule has 1 heterocycles. The Labute approximate surface area is 116 Å². The van der Waals surface area contributed by atoms with E-state index in [-0.39, 0.29) is 10.9 Å². The second-order valence-electron chi connectivity index (χ2n) is 4.21. The van der Waals surface area contributed by atoms with E-state index in [1.54, 1.807) is 30.5 Å². The molecule has 0 saturated heterocycles. The van der Waals surface area contributed by atoms with E-state index in [0.717, 1.165) is 10.7 Å². The number of nitrogens with zero attached hydrogens (tertiary/aromatic N) is 1. The number of hydrogen-bond donors (Lipinski definition) is 2. The van der Waals surface area contributed by atoms with Crippen LogP contribution < -0.4 is 10.5 Å². The van der Waals surface area contributed by atoms with Gasteiger partial charge in [0.15, 0.2) is 0 Å². The Morgan fingerprint density at radius 2 is 2.16 bits per heavy atom. The lowest BCUT2D eigenvalue weighted by Gasteiger charge is -2.16. The number of hydrogen-bond acceptors (Lipinski definition) is 5. The first-order chi connectivity index (χ1) is 8.89. The quantitative estimate of drug-likeness (QED) is 0.906. The normalized spacial score (nSPS) is 13.2. The van der Waals surface area contributed by atoms with Crippen molar-refractivity contribution >= 4 is 27.0 Å². The van der Waals surface area contributed by atoms with Crippen molar-refractivity contribution in [2.24, 2.45) is 5.14 Å². The number of nitrogens with one attached hydrogen (secondary N) is 1. The molecule has 5 nitrogen and oxygen atoms in total. The fourth-order valence-electron chi connectivity index (χ4n) is 1.82. The van der Waals surface area contributed by atoms with Gasteiger partial charge in [0.2, 0.25) is 10.0 Å². The number of aromatic nitrogens is 1. The molecule has 0 spiro atoms. The van der Waals surface area contributed by atoms with E-state index in [9.17, 15) is 8.42 Å². The molecule has 0 saturated carbocycles. The van der Waals surface area contributed by atoms with Crippen LogP contribution >= 0.6 is 11.3 Å². The van der Waals surface area contributed by atoms with Gasteiger partial charge in [0.1, 0.15) is 5.01 Å². The molecule has 102 valence electrons. The largest absolute Gasteiger partial charge is 0.376 e. The lowest BCUT2D eigenvalue weighted by Crippen LogP contribution is -2.15. The van der Waals surface area contributed by atoms with E-state index in [2.05, 4.69) is 10.3 Å². The summed E-state index contributed by atoms with van der Waals surface area (Å²) in [5, 5.41) is 11.3. The topological polar surface area (TPSA) is 85.1 Å². The SMILES string of the molecule is Cc1c(NC(C)c2nccs2)cccc1S(N)(=O)=O. The highest BCUT2D eigenvalue weighted by Crippen LogP contribution is 2.26. The van der Waals surface area contributed by atoms with Gasteiger partial charge >= 0.3 is 0 Å². The Balaban J connectivity index is 2.32. The van der Waals surface area contributed by atoms with Crippen molar-refractivity contribution in [3.05, 3.63) is 40.3 Å². The smallest absolute Gasteiger partial charge is 0.238 e. The summed E-state index contributed by atoms with van der Waals surface area (Å²) in [5.41, 5.74) is 1.36. The number of sulfonamides is 1. The van der Waals surface area contributed by atoms with E-state index in [1.807, 2.05) is 18.4 Å². The summed E-state index contributed by atoms with van der Waals surface area (Å²) in [6.45, 7) is 3.71. The summed E-state index contributed by atoms with van der Waals surface area (Å²) in [7, 11) is -3.70. The molecule has 1 unspecified atom stereocenters. The Bertz CT molecular complexity index is 666. The Hall–Kier alpha value is -1.44. The van der Waals surface area contributed by atoms with Gasteiger partial charge in [-0.05, 0) is 31.5 Å². The summed E-state index contributed by atoms with van der Waals surface area (Å²) in [4.78, 5) is 4.37. The second-order valence-corrected chi connectivity index (χ2v) is 6.67. The van der Waals surface area contributed by atoms with Crippen LogP contribution in [-0.2, 0) is 10.0 Å². The van der Waals surface area contributed by atoms with Crippen LogP contribution in [-0.4, -0.2) is 13.4 Å². The third-order valence-corrected chi connectivity index (χ3v) is 4.80. The molecule has 1 atom stereocenters. The molecule has 1 aromatic heterocycles. The first-order valence-electron chi connectivity index (χ1n) is 5.68. The first kappa shape index (κ1) is 14.0. The number of nitrogens with two attached hydrogens (primary N) is 1. The van der Waals surface area contributed by atoms with Crippen molar-refractivity contribution in [3.8, 4) is 0 Å². The zero-order valence-corrected chi connectivity index (χ0v) is 12.3. The average molecular weight is 297 g/mol. The lowest BCUT2D eigenvalue weighted by atomic mass is 10.2. The summed E-state index contributed by atoms with van der Waals surface area (Å²) >= 11 is 1.55. The minimum absolute atomic E-state index is 0.00873. The van der Waals surface area contributed by atoms with Crippen molar-refractivity contribution < 1.29 is 8.42 Å². The van der Waals surface area contributed by atoms with Crippen LogP contribution in [0.1, 0.15) is 23.5 Å². The molecule has 0 radical (unpaired) electrons. The van der Waals surface area contributed by atoms with Gasteiger partial charge in [-0.3, -0.25) is 0 Å². The zero-order valence-electron chi connectivity index (χ0n) is 10.6. The first-order valence-corrected chi connectivity index (χ1v) is 8.10. The fraction of sp³-hybridized carbons (Fsp3) is 0.250. The highest BCUT2D eigenvalue weighted by atomic mass is 32.2. The maximum absolute atomic E-state index is 11.5. The average Bonchev–Trinajstić information content (AvgIpc) is 2.83. The summed E-state index contributed by atoms with van der Waals surface area (Å²) in [5.74, 6) is 0. The highest BCUT2D eigenvalue weighted by Gasteiger charge is 2.15. The van der Waals surface area contributed by atoms with Crippen molar-refractivity contribution in [1.29, 1.82) is 0 Å². The third-order valence-electron chi connectivity index (χ3n) is 2.78. The van der Waals surface area contributed by atoms with Gasteiger partial charge < -0.3 is 5.32 Å². The van der Waals surface area contributed by atoms with Crippen LogP contribution in [0.4, 0.5) is 5.69 Å². The molecule has 2 rings (SSSR count). The van der Waals surface area contributed by atoms with Gasteiger partial charge in [-0.15, -0.1) is 11.3 Å². The van der Waals surface area contributed by atoms with E-state index in [0.29, 0.717) is 5.56 Å². The molecule has 0 fully saturated rings. The molecule has 0 aliphatic rings. The zero-order chi connectivity index (χ0) is 14.0. The summed E-state index contributed by atoms with van der Waals surface area (Å²) in [6, 6.07) is 5.01. The van der Waals surface area contributed by atoms with Gasteiger partial charge in [0.05, 0.1) is 10.9 Å². The number of primary sulfonamides is 1. The number of benzene rings is 1. The van der Waals surface area contributed by atoms with Crippen molar-refractivity contribution in [3.63, 3.8) is 0 Å². The molecule has 7 heteroatoms.